The molecule has 2 aromatic heterocycles. The number of carbonyl (C=O) groups is 1. The second kappa shape index (κ2) is 8.05. The molecule has 2 atom stereocenters. The quantitative estimate of drug-likeness (QED) is 0.506. The Bertz CT molecular complexity index is 1350. The Morgan fingerprint density at radius 2 is 1.97 bits per heavy atom. The van der Waals surface area contributed by atoms with Crippen LogP contribution in [-0.4, -0.2) is 33.8 Å². The standard InChI is InChI=1S/C26H26N6OS/c1-4-5-19-13-20(30-15-29-19)17-12-21(34-14-17)25(2)22(23(33)32(3)24(27)31-25)16-6-8-18(9-7-16)26(28)10-11-26/h6-9,12-15,22H,10-11,28H2,1-3H3,(H2,27,31)/t22-,25+/m0/s1. The molecule has 1 amide bonds. The van der Waals surface area contributed by atoms with Crippen molar-refractivity contribution in [1.82, 2.24) is 20.2 Å². The molecule has 3 aromatic rings. The highest BCUT2D eigenvalue weighted by molar-refractivity contribution is 7.10. The van der Waals surface area contributed by atoms with Crippen molar-refractivity contribution in [2.24, 2.45) is 5.73 Å². The Hall–Kier alpha value is -3.54. The van der Waals surface area contributed by atoms with Crippen molar-refractivity contribution in [2.75, 3.05) is 7.05 Å². The fourth-order valence-electron chi connectivity index (χ4n) is 4.52. The van der Waals surface area contributed by atoms with Crippen molar-refractivity contribution < 1.29 is 4.79 Å². The van der Waals surface area contributed by atoms with E-state index in [1.807, 2.05) is 48.7 Å². The zero-order valence-electron chi connectivity index (χ0n) is 19.3. The highest BCUT2D eigenvalue weighted by Gasteiger charge is 2.49. The number of hydrogen-bond donors (Lipinski definition) is 3. The van der Waals surface area contributed by atoms with Gasteiger partial charge in [0.2, 0.25) is 5.91 Å². The van der Waals surface area contributed by atoms with Gasteiger partial charge in [-0.1, -0.05) is 30.2 Å². The first-order chi connectivity index (χ1) is 16.2. The summed E-state index contributed by atoms with van der Waals surface area (Å²) in [6.07, 6.45) is 3.48. The summed E-state index contributed by atoms with van der Waals surface area (Å²) >= 11 is 1.54. The van der Waals surface area contributed by atoms with Crippen molar-refractivity contribution in [2.45, 2.75) is 43.7 Å². The van der Waals surface area contributed by atoms with E-state index >= 15 is 0 Å². The molecule has 7 nitrogen and oxygen atoms in total. The number of benzene rings is 1. The molecule has 2 aliphatic rings. The minimum absolute atomic E-state index is 0.0803. The second-order valence-electron chi connectivity index (χ2n) is 9.15. The van der Waals surface area contributed by atoms with Crippen molar-refractivity contribution >= 4 is 23.2 Å². The van der Waals surface area contributed by atoms with E-state index in [9.17, 15) is 4.79 Å². The number of aromatic nitrogens is 2. The van der Waals surface area contributed by atoms with Gasteiger partial charge in [-0.25, -0.2) is 9.97 Å². The highest BCUT2D eigenvalue weighted by Crippen LogP contribution is 2.46. The summed E-state index contributed by atoms with van der Waals surface area (Å²) in [5.74, 6) is 5.27. The number of rotatable bonds is 4. The number of nitrogens with one attached hydrogen (secondary N) is 2. The zero-order chi connectivity index (χ0) is 24.1. The van der Waals surface area contributed by atoms with Gasteiger partial charge in [0, 0.05) is 28.4 Å². The predicted octanol–water partition coefficient (Wildman–Crippen LogP) is 3.52. The number of carbonyl (C=O) groups excluding carboxylic acids is 1. The van der Waals surface area contributed by atoms with Crippen LogP contribution in [0.5, 0.6) is 0 Å². The Morgan fingerprint density at radius 1 is 1.24 bits per heavy atom. The number of nitrogens with two attached hydrogens (primary N) is 1. The van der Waals surface area contributed by atoms with Gasteiger partial charge in [0.1, 0.15) is 12.0 Å². The van der Waals surface area contributed by atoms with Crippen LogP contribution < -0.4 is 11.1 Å². The van der Waals surface area contributed by atoms with Crippen LogP contribution in [0, 0.1) is 17.3 Å². The summed E-state index contributed by atoms with van der Waals surface area (Å²) in [5.41, 5.74) is 9.69. The molecule has 2 fully saturated rings. The smallest absolute Gasteiger partial charge is 0.239 e. The van der Waals surface area contributed by atoms with Gasteiger partial charge < -0.3 is 11.1 Å². The maximum atomic E-state index is 13.5. The molecule has 1 aliphatic heterocycles. The molecule has 0 radical (unpaired) electrons. The Labute approximate surface area is 202 Å². The van der Waals surface area contributed by atoms with E-state index in [-0.39, 0.29) is 17.4 Å². The highest BCUT2D eigenvalue weighted by atomic mass is 32.1. The molecule has 0 spiro atoms. The Balaban J connectivity index is 1.55. The molecule has 4 N–H and O–H groups in total. The Morgan fingerprint density at radius 3 is 2.65 bits per heavy atom. The molecular formula is C26H26N6OS. The molecule has 3 heterocycles. The zero-order valence-corrected chi connectivity index (χ0v) is 20.2. The molecular weight excluding hydrogens is 444 g/mol. The molecule has 8 heteroatoms. The van der Waals surface area contributed by atoms with E-state index < -0.39 is 11.5 Å². The lowest BCUT2D eigenvalue weighted by Crippen LogP contribution is -2.62. The average molecular weight is 471 g/mol. The van der Waals surface area contributed by atoms with Crippen LogP contribution in [-0.2, 0) is 15.9 Å². The maximum absolute atomic E-state index is 13.5. The molecule has 0 bridgehead atoms. The predicted molar refractivity (Wildman–Crippen MR) is 133 cm³/mol. The molecule has 1 aromatic carbocycles. The SMILES string of the molecule is CC#Cc1cc(-c2csc([C@@]3(C)NC(=N)N(C)C(=O)[C@@H]3c3ccc(C4(N)CC4)cc3)c2)ncn1. The number of thiophene rings is 1. The topological polar surface area (TPSA) is 108 Å². The largest absolute Gasteiger partial charge is 0.345 e. The van der Waals surface area contributed by atoms with Crippen molar-refractivity contribution in [1.29, 1.82) is 5.41 Å². The van der Waals surface area contributed by atoms with E-state index in [4.69, 9.17) is 11.1 Å². The first-order valence-corrected chi connectivity index (χ1v) is 12.0. The summed E-state index contributed by atoms with van der Waals surface area (Å²) in [7, 11) is 1.63. The first kappa shape index (κ1) is 22.3. The van der Waals surface area contributed by atoms with Gasteiger partial charge in [0.15, 0.2) is 5.96 Å². The molecule has 0 unspecified atom stereocenters. The van der Waals surface area contributed by atoms with Gasteiger partial charge in [-0.3, -0.25) is 15.1 Å². The molecule has 172 valence electrons. The van der Waals surface area contributed by atoms with E-state index in [2.05, 4.69) is 27.1 Å². The van der Waals surface area contributed by atoms with Gasteiger partial charge in [-0.2, -0.15) is 0 Å². The van der Waals surface area contributed by atoms with Crippen LogP contribution in [0.2, 0.25) is 0 Å². The minimum atomic E-state index is -0.801. The minimum Gasteiger partial charge on any atom is -0.345 e. The second-order valence-corrected chi connectivity index (χ2v) is 10.1. The van der Waals surface area contributed by atoms with Gasteiger partial charge >= 0.3 is 0 Å². The van der Waals surface area contributed by atoms with Crippen LogP contribution in [0.15, 0.2) is 48.1 Å². The molecule has 34 heavy (non-hydrogen) atoms. The third-order valence-corrected chi connectivity index (χ3v) is 7.97. The number of nitrogens with zero attached hydrogens (tertiary/aromatic N) is 3. The van der Waals surface area contributed by atoms with Gasteiger partial charge in [0.05, 0.1) is 17.2 Å². The van der Waals surface area contributed by atoms with Gasteiger partial charge in [-0.05, 0) is 55.9 Å². The van der Waals surface area contributed by atoms with Crippen molar-refractivity contribution in [3.63, 3.8) is 0 Å². The van der Waals surface area contributed by atoms with E-state index in [0.29, 0.717) is 5.69 Å². The lowest BCUT2D eigenvalue weighted by atomic mass is 9.76. The monoisotopic (exact) mass is 470 g/mol. The van der Waals surface area contributed by atoms with Crippen LogP contribution in [0.4, 0.5) is 0 Å². The van der Waals surface area contributed by atoms with Crippen LogP contribution in [0.1, 0.15) is 54.3 Å². The summed E-state index contributed by atoms with van der Waals surface area (Å²) in [6, 6.07) is 12.0. The fourth-order valence-corrected chi connectivity index (χ4v) is 5.57. The van der Waals surface area contributed by atoms with E-state index in [1.165, 1.54) is 11.2 Å². The third kappa shape index (κ3) is 3.67. The molecule has 1 aliphatic carbocycles. The lowest BCUT2D eigenvalue weighted by molar-refractivity contribution is -0.131. The number of guanidine groups is 1. The van der Waals surface area contributed by atoms with Crippen molar-refractivity contribution in [3.8, 4) is 23.1 Å². The maximum Gasteiger partial charge on any atom is 0.239 e. The van der Waals surface area contributed by atoms with Gasteiger partial charge in [-0.15, -0.1) is 11.3 Å². The van der Waals surface area contributed by atoms with Crippen LogP contribution in [0.3, 0.4) is 0 Å². The van der Waals surface area contributed by atoms with Crippen LogP contribution in [0.25, 0.3) is 11.3 Å². The van der Waals surface area contributed by atoms with Crippen molar-refractivity contribution in [3.05, 3.63) is 69.8 Å². The average Bonchev–Trinajstić information content (AvgIpc) is 3.37. The van der Waals surface area contributed by atoms with E-state index in [1.54, 1.807) is 25.3 Å². The first-order valence-electron chi connectivity index (χ1n) is 11.1. The van der Waals surface area contributed by atoms with E-state index in [0.717, 1.165) is 40.1 Å². The number of hydrogen-bond acceptors (Lipinski definition) is 6. The molecule has 1 saturated carbocycles. The molecule has 5 rings (SSSR count). The fraction of sp³-hybridized carbons (Fsp3) is 0.308. The Kier molecular flexibility index (Phi) is 5.27. The normalized spacial score (nSPS) is 23.2. The summed E-state index contributed by atoms with van der Waals surface area (Å²) < 4.78 is 0. The van der Waals surface area contributed by atoms with Crippen LogP contribution >= 0.6 is 11.3 Å². The summed E-state index contributed by atoms with van der Waals surface area (Å²) in [4.78, 5) is 24.4. The summed E-state index contributed by atoms with van der Waals surface area (Å²) in [6.45, 7) is 3.76. The lowest BCUT2D eigenvalue weighted by Gasteiger charge is -2.45. The van der Waals surface area contributed by atoms with Gasteiger partial charge in [0.25, 0.3) is 0 Å². The number of likely N-dealkylation sites (N-methyl/N-ethyl adjacent to an activating group) is 1. The molecule has 1 saturated heterocycles. The third-order valence-electron chi connectivity index (χ3n) is 6.80. The number of amides is 1. The summed E-state index contributed by atoms with van der Waals surface area (Å²) in [5, 5.41) is 13.7.